The van der Waals surface area contributed by atoms with Crippen molar-refractivity contribution in [2.45, 2.75) is 58.2 Å². The minimum absolute atomic E-state index is 0.0773. The number of likely N-dealkylation sites (N-methyl/N-ethyl adjacent to an activating group) is 1. The van der Waals surface area contributed by atoms with Crippen LogP contribution in [-0.4, -0.2) is 67.4 Å². The Hall–Kier alpha value is -3.08. The number of hydrogen-bond donors (Lipinski definition) is 3. The van der Waals surface area contributed by atoms with Crippen LogP contribution in [0.5, 0.6) is 5.75 Å². The van der Waals surface area contributed by atoms with E-state index in [-0.39, 0.29) is 42.9 Å². The molecule has 1 aromatic rings. The van der Waals surface area contributed by atoms with Crippen molar-refractivity contribution in [3.63, 3.8) is 0 Å². The number of carbonyl (C=O) groups is 5. The molecule has 2 unspecified atom stereocenters. The summed E-state index contributed by atoms with van der Waals surface area (Å²) in [6.45, 7) is 6.79. The molecule has 11 heteroatoms. The summed E-state index contributed by atoms with van der Waals surface area (Å²) >= 11 is 0.909. The molecule has 3 N–H and O–H groups in total. The van der Waals surface area contributed by atoms with Gasteiger partial charge < -0.3 is 25.4 Å². The summed E-state index contributed by atoms with van der Waals surface area (Å²) in [5, 5.41) is 6.96. The third kappa shape index (κ3) is 12.1. The van der Waals surface area contributed by atoms with Gasteiger partial charge in [0.2, 0.25) is 17.7 Å². The highest BCUT2D eigenvalue weighted by Crippen LogP contribution is 2.29. The quantitative estimate of drug-likeness (QED) is 0.288. The molecule has 0 aliphatic heterocycles. The number of benzene rings is 1. The Morgan fingerprint density at radius 3 is 2.19 bits per heavy atom. The lowest BCUT2D eigenvalue weighted by Crippen LogP contribution is -2.50. The number of hydrogen-bond acceptors (Lipinski definition) is 8. The molecule has 0 aromatic heterocycles. The molecule has 0 aliphatic rings. The molecule has 0 bridgehead atoms. The van der Waals surface area contributed by atoms with Crippen LogP contribution in [0.3, 0.4) is 0 Å². The number of esters is 1. The minimum Gasteiger partial charge on any atom is -0.497 e. The number of nitrogens with one attached hydrogen (secondary N) is 3. The number of thioether (sulfide) groups is 1. The lowest BCUT2D eigenvalue weighted by atomic mass is 9.90. The first kappa shape index (κ1) is 31.9. The molecule has 10 nitrogen and oxygen atoms in total. The number of rotatable bonds is 15. The largest absolute Gasteiger partial charge is 0.497 e. The Labute approximate surface area is 223 Å². The molecule has 3 atom stereocenters. The van der Waals surface area contributed by atoms with Crippen molar-refractivity contribution in [1.29, 1.82) is 0 Å². The molecule has 0 fully saturated rings. The Morgan fingerprint density at radius 1 is 1.03 bits per heavy atom. The Kier molecular flexibility index (Phi) is 14.4. The van der Waals surface area contributed by atoms with Crippen molar-refractivity contribution >= 4 is 40.6 Å². The summed E-state index contributed by atoms with van der Waals surface area (Å²) in [5.41, 5.74) is 0.822. The minimum atomic E-state index is -0.860. The van der Waals surface area contributed by atoms with E-state index in [9.17, 15) is 24.0 Å². The highest BCUT2D eigenvalue weighted by molar-refractivity contribution is 8.14. The van der Waals surface area contributed by atoms with E-state index in [2.05, 4.69) is 16.0 Å². The zero-order chi connectivity index (χ0) is 28.0. The number of amides is 3. The first-order valence-electron chi connectivity index (χ1n) is 12.2. The summed E-state index contributed by atoms with van der Waals surface area (Å²) in [4.78, 5) is 62.3. The third-order valence-electron chi connectivity index (χ3n) is 5.43. The van der Waals surface area contributed by atoms with Gasteiger partial charge in [0.25, 0.3) is 0 Å². The smallest absolute Gasteiger partial charge is 0.325 e. The molecule has 1 rings (SSSR count). The van der Waals surface area contributed by atoms with Gasteiger partial charge in [-0.3, -0.25) is 24.0 Å². The van der Waals surface area contributed by atoms with Gasteiger partial charge in [0.15, 0.2) is 5.12 Å². The summed E-state index contributed by atoms with van der Waals surface area (Å²) in [7, 11) is 3.05. The van der Waals surface area contributed by atoms with Gasteiger partial charge in [-0.1, -0.05) is 37.7 Å². The molecular weight excluding hydrogens is 498 g/mol. The predicted molar refractivity (Wildman–Crippen MR) is 142 cm³/mol. The molecule has 0 spiro atoms. The average molecular weight is 538 g/mol. The summed E-state index contributed by atoms with van der Waals surface area (Å²) < 4.78 is 9.99. The fraction of sp³-hybridized carbons (Fsp3) is 0.577. The van der Waals surface area contributed by atoms with E-state index < -0.39 is 35.0 Å². The molecule has 0 saturated heterocycles. The van der Waals surface area contributed by atoms with Gasteiger partial charge in [-0.15, -0.1) is 0 Å². The van der Waals surface area contributed by atoms with Crippen LogP contribution < -0.4 is 20.7 Å². The van der Waals surface area contributed by atoms with Crippen molar-refractivity contribution in [2.75, 3.05) is 27.3 Å². The second-order valence-electron chi connectivity index (χ2n) is 8.90. The van der Waals surface area contributed by atoms with Gasteiger partial charge in [-0.25, -0.2) is 0 Å². The van der Waals surface area contributed by atoms with Crippen LogP contribution >= 0.6 is 11.8 Å². The van der Waals surface area contributed by atoms with Crippen molar-refractivity contribution < 1.29 is 33.4 Å². The number of methoxy groups -OCH3 is 1. The third-order valence-corrected chi connectivity index (χ3v) is 6.56. The molecule has 0 aliphatic carbocycles. The second kappa shape index (κ2) is 16.6. The van der Waals surface area contributed by atoms with Gasteiger partial charge in [-0.2, -0.15) is 0 Å². The zero-order valence-corrected chi connectivity index (χ0v) is 23.2. The van der Waals surface area contributed by atoms with Crippen molar-refractivity contribution in [3.8, 4) is 5.75 Å². The molecular formula is C26H39N3O7S. The van der Waals surface area contributed by atoms with Crippen molar-refractivity contribution in [1.82, 2.24) is 16.0 Å². The normalized spacial score (nSPS) is 13.2. The van der Waals surface area contributed by atoms with Crippen LogP contribution in [0, 0.1) is 11.8 Å². The van der Waals surface area contributed by atoms with E-state index in [1.807, 2.05) is 26.0 Å². The number of carbonyl (C=O) groups excluding carboxylic acids is 5. The molecule has 3 amide bonds. The van der Waals surface area contributed by atoms with Crippen LogP contribution in [0.15, 0.2) is 24.3 Å². The van der Waals surface area contributed by atoms with Crippen LogP contribution in [0.4, 0.5) is 0 Å². The standard InChI is InChI=1S/C26H39N3O7S/c1-7-36-24(32)15-28-23(31)14-22(37-17(4)30)20(12-16(2)3)25(33)29-21(26(34)27-5)13-18-8-10-19(35-6)11-9-18/h8-11,16,20-22H,7,12-15H2,1-6H3,(H,27,34)(H,28,31)(H,29,33)/t20?,21-,22?/m0/s1. The van der Waals surface area contributed by atoms with Gasteiger partial charge in [0, 0.05) is 32.1 Å². The van der Waals surface area contributed by atoms with Crippen LogP contribution in [-0.2, 0) is 35.1 Å². The first-order valence-corrected chi connectivity index (χ1v) is 13.1. The van der Waals surface area contributed by atoms with E-state index >= 15 is 0 Å². The van der Waals surface area contributed by atoms with Crippen LogP contribution in [0.2, 0.25) is 0 Å². The Balaban J connectivity index is 3.10. The summed E-state index contributed by atoms with van der Waals surface area (Å²) in [5.74, 6) is -1.82. The van der Waals surface area contributed by atoms with E-state index in [4.69, 9.17) is 9.47 Å². The maximum Gasteiger partial charge on any atom is 0.325 e. The molecule has 206 valence electrons. The Bertz CT molecular complexity index is 921. The predicted octanol–water partition coefficient (Wildman–Crippen LogP) is 1.85. The lowest BCUT2D eigenvalue weighted by molar-refractivity contribution is -0.143. The average Bonchev–Trinajstić information content (AvgIpc) is 2.84. The number of ether oxygens (including phenoxy) is 2. The summed E-state index contributed by atoms with van der Waals surface area (Å²) in [6.07, 6.45) is 0.483. The monoisotopic (exact) mass is 537 g/mol. The second-order valence-corrected chi connectivity index (χ2v) is 10.3. The van der Waals surface area contributed by atoms with E-state index in [0.29, 0.717) is 12.2 Å². The van der Waals surface area contributed by atoms with Gasteiger partial charge >= 0.3 is 5.97 Å². The maximum absolute atomic E-state index is 13.5. The van der Waals surface area contributed by atoms with Crippen molar-refractivity contribution in [2.24, 2.45) is 11.8 Å². The highest BCUT2D eigenvalue weighted by atomic mass is 32.2. The van der Waals surface area contributed by atoms with Gasteiger partial charge in [0.05, 0.1) is 19.6 Å². The fourth-order valence-corrected chi connectivity index (χ4v) is 4.77. The molecule has 37 heavy (non-hydrogen) atoms. The van der Waals surface area contributed by atoms with E-state index in [1.165, 1.54) is 14.0 Å². The van der Waals surface area contributed by atoms with Crippen LogP contribution in [0.1, 0.15) is 46.1 Å². The van der Waals surface area contributed by atoms with E-state index in [1.54, 1.807) is 26.2 Å². The molecule has 1 aromatic carbocycles. The molecule has 0 radical (unpaired) electrons. The summed E-state index contributed by atoms with van der Waals surface area (Å²) in [6, 6.07) is 6.31. The first-order chi connectivity index (χ1) is 17.5. The van der Waals surface area contributed by atoms with E-state index in [0.717, 1.165) is 17.3 Å². The topological polar surface area (TPSA) is 140 Å². The SMILES string of the molecule is CCOC(=O)CNC(=O)CC(SC(C)=O)C(CC(C)C)C(=O)N[C@@H](Cc1ccc(OC)cc1)C(=O)NC. The fourth-order valence-electron chi connectivity index (χ4n) is 3.71. The van der Waals surface area contributed by atoms with Crippen LogP contribution in [0.25, 0.3) is 0 Å². The zero-order valence-electron chi connectivity index (χ0n) is 22.4. The molecule has 0 saturated carbocycles. The van der Waals surface area contributed by atoms with Gasteiger partial charge in [0.1, 0.15) is 18.3 Å². The highest BCUT2D eigenvalue weighted by Gasteiger charge is 2.34. The lowest BCUT2D eigenvalue weighted by Gasteiger charge is -2.28. The maximum atomic E-state index is 13.5. The van der Waals surface area contributed by atoms with Crippen molar-refractivity contribution in [3.05, 3.63) is 29.8 Å². The molecule has 0 heterocycles. The van der Waals surface area contributed by atoms with Gasteiger partial charge in [-0.05, 0) is 37.0 Å². The Morgan fingerprint density at radius 2 is 1.68 bits per heavy atom.